The number of halogens is 2. The molecule has 1 aromatic carbocycles. The molecule has 1 atom stereocenters. The van der Waals surface area contributed by atoms with Crippen LogP contribution in [-0.2, 0) is 9.59 Å². The van der Waals surface area contributed by atoms with E-state index >= 15 is 0 Å². The molecule has 2 aliphatic rings. The molecule has 1 unspecified atom stereocenters. The van der Waals surface area contributed by atoms with E-state index in [1.165, 1.54) is 23.3 Å². The molecular formula is C19H22Cl2N2O2. The van der Waals surface area contributed by atoms with Crippen LogP contribution in [-0.4, -0.2) is 24.9 Å². The number of nitrogens with one attached hydrogen (secondary N) is 1. The topological polar surface area (TPSA) is 49.4 Å². The van der Waals surface area contributed by atoms with Gasteiger partial charge in [0.2, 0.25) is 11.8 Å². The molecule has 2 amide bonds. The highest BCUT2D eigenvalue weighted by Gasteiger charge is 2.36. The Morgan fingerprint density at radius 3 is 2.68 bits per heavy atom. The van der Waals surface area contributed by atoms with E-state index in [0.717, 1.165) is 19.3 Å². The molecule has 1 aromatic rings. The number of amides is 2. The molecule has 0 aromatic heterocycles. The van der Waals surface area contributed by atoms with E-state index in [1.54, 1.807) is 18.2 Å². The van der Waals surface area contributed by atoms with Gasteiger partial charge in [0, 0.05) is 19.5 Å². The Morgan fingerprint density at radius 2 is 2.00 bits per heavy atom. The Bertz CT molecular complexity index is 682. The summed E-state index contributed by atoms with van der Waals surface area (Å²) < 4.78 is 0. The highest BCUT2D eigenvalue weighted by Crippen LogP contribution is 2.37. The van der Waals surface area contributed by atoms with Gasteiger partial charge in [-0.3, -0.25) is 9.59 Å². The van der Waals surface area contributed by atoms with Gasteiger partial charge in [-0.1, -0.05) is 40.9 Å². The summed E-state index contributed by atoms with van der Waals surface area (Å²) in [5, 5.41) is 3.81. The first-order valence-corrected chi connectivity index (χ1v) is 9.52. The summed E-state index contributed by atoms with van der Waals surface area (Å²) in [6, 6.07) is 5.13. The summed E-state index contributed by atoms with van der Waals surface area (Å²) in [4.78, 5) is 26.3. The minimum atomic E-state index is -0.361. The van der Waals surface area contributed by atoms with Gasteiger partial charge in [-0.15, -0.1) is 0 Å². The molecule has 0 bridgehead atoms. The van der Waals surface area contributed by atoms with Crippen LogP contribution in [0, 0.1) is 5.92 Å². The first kappa shape index (κ1) is 18.3. The number of carbonyl (C=O) groups excluding carboxylic acids is 2. The van der Waals surface area contributed by atoms with Gasteiger partial charge in [-0.2, -0.15) is 0 Å². The van der Waals surface area contributed by atoms with E-state index in [9.17, 15) is 9.59 Å². The summed E-state index contributed by atoms with van der Waals surface area (Å²) in [6.07, 6.45) is 8.16. The van der Waals surface area contributed by atoms with Crippen molar-refractivity contribution in [3.63, 3.8) is 0 Å². The van der Waals surface area contributed by atoms with E-state index in [4.69, 9.17) is 23.2 Å². The molecular weight excluding hydrogens is 359 g/mol. The van der Waals surface area contributed by atoms with E-state index in [2.05, 4.69) is 11.4 Å². The number of anilines is 1. The van der Waals surface area contributed by atoms with Gasteiger partial charge in [0.1, 0.15) is 0 Å². The number of carbonyl (C=O) groups is 2. The van der Waals surface area contributed by atoms with Crippen molar-refractivity contribution >= 4 is 40.7 Å². The third-order valence-electron chi connectivity index (χ3n) is 4.83. The first-order chi connectivity index (χ1) is 12.1. The van der Waals surface area contributed by atoms with Crippen LogP contribution < -0.4 is 10.2 Å². The van der Waals surface area contributed by atoms with Crippen LogP contribution in [0.15, 0.2) is 29.8 Å². The van der Waals surface area contributed by atoms with Crippen LogP contribution in [0.3, 0.4) is 0 Å². The van der Waals surface area contributed by atoms with Gasteiger partial charge in [0.15, 0.2) is 0 Å². The van der Waals surface area contributed by atoms with Crippen molar-refractivity contribution in [1.82, 2.24) is 5.32 Å². The van der Waals surface area contributed by atoms with E-state index in [1.807, 2.05) is 0 Å². The maximum absolute atomic E-state index is 12.4. The highest BCUT2D eigenvalue weighted by atomic mass is 35.5. The predicted molar refractivity (Wildman–Crippen MR) is 101 cm³/mol. The lowest BCUT2D eigenvalue weighted by atomic mass is 9.97. The average molecular weight is 381 g/mol. The Kier molecular flexibility index (Phi) is 6.02. The number of para-hydroxylation sites is 1. The minimum absolute atomic E-state index is 0.0737. The Labute approximate surface area is 158 Å². The molecule has 1 fully saturated rings. The van der Waals surface area contributed by atoms with E-state index < -0.39 is 0 Å². The van der Waals surface area contributed by atoms with Gasteiger partial charge in [-0.05, 0) is 44.2 Å². The normalized spacial score (nSPS) is 20.6. The molecule has 0 saturated carbocycles. The third kappa shape index (κ3) is 4.36. The first-order valence-electron chi connectivity index (χ1n) is 8.76. The summed E-state index contributed by atoms with van der Waals surface area (Å²) in [6.45, 7) is 0.943. The predicted octanol–water partition coefficient (Wildman–Crippen LogP) is 4.35. The molecule has 6 heteroatoms. The molecule has 25 heavy (non-hydrogen) atoms. The number of allylic oxidation sites excluding steroid dienone is 1. The quantitative estimate of drug-likeness (QED) is 0.771. The summed E-state index contributed by atoms with van der Waals surface area (Å²) in [5.74, 6) is -0.555. The second-order valence-electron chi connectivity index (χ2n) is 6.62. The third-order valence-corrected chi connectivity index (χ3v) is 5.44. The number of hydrogen-bond acceptors (Lipinski definition) is 2. The average Bonchev–Trinajstić information content (AvgIpc) is 2.97. The Hall–Kier alpha value is -1.52. The van der Waals surface area contributed by atoms with Crippen molar-refractivity contribution < 1.29 is 9.59 Å². The number of rotatable bonds is 5. The van der Waals surface area contributed by atoms with Crippen LogP contribution in [0.1, 0.15) is 38.5 Å². The van der Waals surface area contributed by atoms with Crippen molar-refractivity contribution in [2.75, 3.05) is 18.0 Å². The largest absolute Gasteiger partial charge is 0.355 e. The monoisotopic (exact) mass is 380 g/mol. The van der Waals surface area contributed by atoms with Crippen LogP contribution in [0.25, 0.3) is 0 Å². The molecule has 1 aliphatic carbocycles. The fourth-order valence-corrected chi connectivity index (χ4v) is 4.07. The molecule has 0 radical (unpaired) electrons. The van der Waals surface area contributed by atoms with Crippen LogP contribution >= 0.6 is 23.2 Å². The van der Waals surface area contributed by atoms with E-state index in [-0.39, 0.29) is 24.2 Å². The van der Waals surface area contributed by atoms with Crippen molar-refractivity contribution in [1.29, 1.82) is 0 Å². The molecule has 1 saturated heterocycles. The second kappa shape index (κ2) is 8.24. The van der Waals surface area contributed by atoms with Crippen molar-refractivity contribution in [2.24, 2.45) is 5.92 Å². The van der Waals surface area contributed by atoms with Gasteiger partial charge in [-0.25, -0.2) is 0 Å². The SMILES string of the molecule is O=C(NCCC1=CCCCC1)C1CC(=O)N(c2c(Cl)cccc2Cl)C1. The molecule has 1 aliphatic heterocycles. The van der Waals surface area contributed by atoms with E-state index in [0.29, 0.717) is 28.8 Å². The zero-order chi connectivity index (χ0) is 17.8. The molecule has 0 spiro atoms. The van der Waals surface area contributed by atoms with Crippen LogP contribution in [0.5, 0.6) is 0 Å². The smallest absolute Gasteiger partial charge is 0.227 e. The number of benzene rings is 1. The summed E-state index contributed by atoms with van der Waals surface area (Å²) >= 11 is 12.4. The standard InChI is InChI=1S/C19H22Cl2N2O2/c20-15-7-4-8-16(21)18(15)23-12-14(11-17(23)24)19(25)22-10-9-13-5-2-1-3-6-13/h4-5,7-8,14H,1-3,6,9-12H2,(H,22,25). The Morgan fingerprint density at radius 1 is 1.24 bits per heavy atom. The fourth-order valence-electron chi connectivity index (χ4n) is 3.47. The maximum Gasteiger partial charge on any atom is 0.227 e. The molecule has 4 nitrogen and oxygen atoms in total. The number of hydrogen-bond donors (Lipinski definition) is 1. The highest BCUT2D eigenvalue weighted by molar-refractivity contribution is 6.40. The molecule has 3 rings (SSSR count). The summed E-state index contributed by atoms with van der Waals surface area (Å²) in [5.41, 5.74) is 1.93. The summed E-state index contributed by atoms with van der Waals surface area (Å²) in [7, 11) is 0. The maximum atomic E-state index is 12.4. The van der Waals surface area contributed by atoms with Crippen molar-refractivity contribution in [3.05, 3.63) is 39.9 Å². The van der Waals surface area contributed by atoms with Crippen LogP contribution in [0.2, 0.25) is 10.0 Å². The second-order valence-corrected chi connectivity index (χ2v) is 7.44. The number of nitrogens with zero attached hydrogens (tertiary/aromatic N) is 1. The van der Waals surface area contributed by atoms with Gasteiger partial charge in [0.05, 0.1) is 21.7 Å². The lowest BCUT2D eigenvalue weighted by Gasteiger charge is -2.19. The van der Waals surface area contributed by atoms with Crippen LogP contribution in [0.4, 0.5) is 5.69 Å². The molecule has 134 valence electrons. The Balaban J connectivity index is 1.56. The minimum Gasteiger partial charge on any atom is -0.355 e. The fraction of sp³-hybridized carbons (Fsp3) is 0.474. The lowest BCUT2D eigenvalue weighted by Crippen LogP contribution is -2.33. The van der Waals surface area contributed by atoms with Gasteiger partial charge >= 0.3 is 0 Å². The lowest BCUT2D eigenvalue weighted by molar-refractivity contribution is -0.126. The van der Waals surface area contributed by atoms with Crippen molar-refractivity contribution in [3.8, 4) is 0 Å². The zero-order valence-corrected chi connectivity index (χ0v) is 15.6. The van der Waals surface area contributed by atoms with Gasteiger partial charge in [0.25, 0.3) is 0 Å². The zero-order valence-electron chi connectivity index (χ0n) is 14.1. The molecule has 1 N–H and O–H groups in total. The van der Waals surface area contributed by atoms with Crippen molar-refractivity contribution in [2.45, 2.75) is 38.5 Å². The van der Waals surface area contributed by atoms with Gasteiger partial charge < -0.3 is 10.2 Å². The molecule has 1 heterocycles.